The summed E-state index contributed by atoms with van der Waals surface area (Å²) in [4.78, 5) is 18.0. The van der Waals surface area contributed by atoms with Gasteiger partial charge in [0, 0.05) is 16.0 Å². The molecule has 3 heterocycles. The largest absolute Gasteiger partial charge is 0.459 e. The molecule has 0 bridgehead atoms. The van der Waals surface area contributed by atoms with Gasteiger partial charge in [-0.3, -0.25) is 4.79 Å². The summed E-state index contributed by atoms with van der Waals surface area (Å²) >= 11 is 3.15. The maximum atomic E-state index is 13.6. The van der Waals surface area contributed by atoms with Gasteiger partial charge in [-0.05, 0) is 49.2 Å². The van der Waals surface area contributed by atoms with Crippen LogP contribution in [0.4, 0.5) is 4.39 Å². The third kappa shape index (κ3) is 3.68. The third-order valence-electron chi connectivity index (χ3n) is 4.19. The lowest BCUT2D eigenvalue weighted by molar-refractivity contribution is -0.121. The van der Waals surface area contributed by atoms with Crippen molar-refractivity contribution in [1.82, 2.24) is 10.3 Å². The van der Waals surface area contributed by atoms with E-state index < -0.39 is 0 Å². The number of benzene rings is 1. The minimum absolute atomic E-state index is 0.107. The summed E-state index contributed by atoms with van der Waals surface area (Å²) in [5, 5.41) is 5.66. The zero-order chi connectivity index (χ0) is 18.1. The molecule has 26 heavy (non-hydrogen) atoms. The van der Waals surface area contributed by atoms with E-state index in [2.05, 4.69) is 10.3 Å². The molecule has 4 rings (SSSR count). The first-order valence-corrected chi connectivity index (χ1v) is 10.2. The summed E-state index contributed by atoms with van der Waals surface area (Å²) in [7, 11) is 0. The van der Waals surface area contributed by atoms with Crippen molar-refractivity contribution in [3.8, 4) is 10.8 Å². The number of aromatic nitrogens is 1. The highest BCUT2D eigenvalue weighted by Crippen LogP contribution is 2.36. The SMILES string of the molecule is Cc1ccc(-c2nc(CC(=O)N[C@@H]3CCSc4ccc(F)cc43)cs2)o1. The van der Waals surface area contributed by atoms with Crippen LogP contribution in [0.2, 0.25) is 0 Å². The third-order valence-corrected chi connectivity index (χ3v) is 6.22. The molecule has 0 spiro atoms. The van der Waals surface area contributed by atoms with E-state index in [-0.39, 0.29) is 24.2 Å². The summed E-state index contributed by atoms with van der Waals surface area (Å²) in [5.41, 5.74) is 1.57. The van der Waals surface area contributed by atoms with Crippen molar-refractivity contribution >= 4 is 29.0 Å². The zero-order valence-corrected chi connectivity index (χ0v) is 15.8. The van der Waals surface area contributed by atoms with E-state index in [1.807, 2.05) is 24.4 Å². The number of thioether (sulfide) groups is 1. The number of hydrogen-bond acceptors (Lipinski definition) is 5. The van der Waals surface area contributed by atoms with Gasteiger partial charge in [0.05, 0.1) is 18.2 Å². The zero-order valence-electron chi connectivity index (χ0n) is 14.1. The van der Waals surface area contributed by atoms with Crippen molar-refractivity contribution in [3.05, 3.63) is 58.5 Å². The van der Waals surface area contributed by atoms with Crippen LogP contribution in [0.1, 0.15) is 29.5 Å². The molecule has 1 atom stereocenters. The highest BCUT2D eigenvalue weighted by Gasteiger charge is 2.23. The molecule has 0 unspecified atom stereocenters. The van der Waals surface area contributed by atoms with Gasteiger partial charge in [-0.15, -0.1) is 23.1 Å². The number of fused-ring (bicyclic) bond motifs is 1. The summed E-state index contributed by atoms with van der Waals surface area (Å²) in [6.07, 6.45) is 0.991. The van der Waals surface area contributed by atoms with Crippen LogP contribution in [0, 0.1) is 12.7 Å². The first kappa shape index (κ1) is 17.3. The number of thiazole rings is 1. The van der Waals surface area contributed by atoms with E-state index in [0.717, 1.165) is 33.4 Å². The fraction of sp³-hybridized carbons (Fsp3) is 0.263. The van der Waals surface area contributed by atoms with Crippen LogP contribution in [0.3, 0.4) is 0 Å². The van der Waals surface area contributed by atoms with Gasteiger partial charge in [0.2, 0.25) is 5.91 Å². The van der Waals surface area contributed by atoms with E-state index in [0.29, 0.717) is 11.5 Å². The standard InChI is InChI=1S/C19H17FN2O2S2/c1-11-2-4-16(24-11)19-21-13(10-26-19)9-18(23)22-15-6-7-25-17-5-3-12(20)8-14(15)17/h2-5,8,10,15H,6-7,9H2,1H3,(H,22,23)/t15-/m1/s1. The number of nitrogens with one attached hydrogen (secondary N) is 1. The molecule has 0 aliphatic carbocycles. The number of halogens is 1. The average Bonchev–Trinajstić information content (AvgIpc) is 3.24. The molecule has 7 heteroatoms. The Morgan fingerprint density at radius 1 is 1.38 bits per heavy atom. The Morgan fingerprint density at radius 2 is 2.27 bits per heavy atom. The molecular formula is C19H17FN2O2S2. The fourth-order valence-corrected chi connectivity index (χ4v) is 4.86. The Bertz CT molecular complexity index is 951. The Hall–Kier alpha value is -2.12. The van der Waals surface area contributed by atoms with Gasteiger partial charge < -0.3 is 9.73 Å². The number of amides is 1. The minimum atomic E-state index is -0.275. The van der Waals surface area contributed by atoms with E-state index in [4.69, 9.17) is 4.42 Å². The normalized spacial score (nSPS) is 16.3. The van der Waals surface area contributed by atoms with Crippen molar-refractivity contribution in [2.45, 2.75) is 30.7 Å². The minimum Gasteiger partial charge on any atom is -0.459 e. The van der Waals surface area contributed by atoms with Crippen molar-refractivity contribution in [3.63, 3.8) is 0 Å². The maximum Gasteiger partial charge on any atom is 0.226 e. The monoisotopic (exact) mass is 388 g/mol. The fourth-order valence-electron chi connectivity index (χ4n) is 2.98. The lowest BCUT2D eigenvalue weighted by atomic mass is 10.0. The number of carbonyl (C=O) groups is 1. The van der Waals surface area contributed by atoms with E-state index in [1.54, 1.807) is 17.8 Å². The molecule has 0 saturated heterocycles. The molecule has 1 aromatic carbocycles. The molecule has 1 aliphatic rings. The molecule has 1 aliphatic heterocycles. The van der Waals surface area contributed by atoms with Gasteiger partial charge in [-0.1, -0.05) is 0 Å². The molecule has 4 nitrogen and oxygen atoms in total. The van der Waals surface area contributed by atoms with Crippen molar-refractivity contribution < 1.29 is 13.6 Å². The van der Waals surface area contributed by atoms with Gasteiger partial charge in [-0.25, -0.2) is 9.37 Å². The van der Waals surface area contributed by atoms with Crippen LogP contribution in [0.15, 0.2) is 45.0 Å². The topological polar surface area (TPSA) is 55.1 Å². The molecule has 0 radical (unpaired) electrons. The lowest BCUT2D eigenvalue weighted by Gasteiger charge is -2.25. The van der Waals surface area contributed by atoms with Crippen molar-refractivity contribution in [2.75, 3.05) is 5.75 Å². The van der Waals surface area contributed by atoms with Gasteiger partial charge in [0.15, 0.2) is 10.8 Å². The summed E-state index contributed by atoms with van der Waals surface area (Å²) in [6.45, 7) is 1.88. The molecule has 2 aromatic heterocycles. The first-order chi connectivity index (χ1) is 12.6. The van der Waals surface area contributed by atoms with E-state index >= 15 is 0 Å². The van der Waals surface area contributed by atoms with Crippen molar-refractivity contribution in [2.24, 2.45) is 0 Å². The van der Waals surface area contributed by atoms with Gasteiger partial charge in [-0.2, -0.15) is 0 Å². The Balaban J connectivity index is 1.44. The van der Waals surface area contributed by atoms with Crippen LogP contribution in [-0.4, -0.2) is 16.6 Å². The average molecular weight is 388 g/mol. The number of nitrogens with zero attached hydrogens (tertiary/aromatic N) is 1. The molecule has 1 amide bonds. The first-order valence-electron chi connectivity index (χ1n) is 8.31. The smallest absolute Gasteiger partial charge is 0.226 e. The van der Waals surface area contributed by atoms with Crippen LogP contribution in [0.5, 0.6) is 0 Å². The number of aryl methyl sites for hydroxylation is 1. The second-order valence-electron chi connectivity index (χ2n) is 6.17. The Labute approximate surface area is 158 Å². The summed E-state index contributed by atoms with van der Waals surface area (Å²) in [5.74, 6) is 2.07. The predicted molar refractivity (Wildman–Crippen MR) is 101 cm³/mol. The van der Waals surface area contributed by atoms with E-state index in [9.17, 15) is 9.18 Å². The second-order valence-corrected chi connectivity index (χ2v) is 8.17. The number of carbonyl (C=O) groups excluding carboxylic acids is 1. The van der Waals surface area contributed by atoms with Crippen LogP contribution in [0.25, 0.3) is 10.8 Å². The van der Waals surface area contributed by atoms with E-state index in [1.165, 1.54) is 23.5 Å². The predicted octanol–water partition coefficient (Wildman–Crippen LogP) is 4.75. The number of rotatable bonds is 4. The van der Waals surface area contributed by atoms with Gasteiger partial charge >= 0.3 is 0 Å². The molecular weight excluding hydrogens is 371 g/mol. The van der Waals surface area contributed by atoms with Crippen LogP contribution in [-0.2, 0) is 11.2 Å². The Kier molecular flexibility index (Phi) is 4.82. The van der Waals surface area contributed by atoms with Crippen LogP contribution < -0.4 is 5.32 Å². The van der Waals surface area contributed by atoms with Crippen molar-refractivity contribution in [1.29, 1.82) is 0 Å². The molecule has 3 aromatic rings. The lowest BCUT2D eigenvalue weighted by Crippen LogP contribution is -2.31. The summed E-state index contributed by atoms with van der Waals surface area (Å²) < 4.78 is 19.1. The van der Waals surface area contributed by atoms with Gasteiger partial charge in [0.1, 0.15) is 11.6 Å². The van der Waals surface area contributed by atoms with Crippen LogP contribution >= 0.6 is 23.1 Å². The second kappa shape index (κ2) is 7.25. The number of hydrogen-bond donors (Lipinski definition) is 1. The van der Waals surface area contributed by atoms with Gasteiger partial charge in [0.25, 0.3) is 0 Å². The molecule has 1 N–H and O–H groups in total. The maximum absolute atomic E-state index is 13.6. The Morgan fingerprint density at radius 3 is 3.08 bits per heavy atom. The quantitative estimate of drug-likeness (QED) is 0.701. The summed E-state index contributed by atoms with van der Waals surface area (Å²) in [6, 6.07) is 8.38. The molecule has 0 saturated carbocycles. The number of furan rings is 1. The highest BCUT2D eigenvalue weighted by molar-refractivity contribution is 7.99. The highest BCUT2D eigenvalue weighted by atomic mass is 32.2. The molecule has 0 fully saturated rings. The molecule has 134 valence electrons.